The Kier molecular flexibility index (Phi) is 6.78. The van der Waals surface area contributed by atoms with Crippen molar-refractivity contribution >= 4 is 11.6 Å². The molecule has 6 rings (SSSR count). The number of carbonyl (C=O) groups excluding carboxylic acids is 1. The van der Waals surface area contributed by atoms with Gasteiger partial charge in [0.15, 0.2) is 0 Å². The molecule has 2 saturated heterocycles. The minimum Gasteiger partial charge on any atom is -0.380 e. The number of piperidine rings is 1. The predicted octanol–water partition coefficient (Wildman–Crippen LogP) is 4.45. The number of hydrogen-bond donors (Lipinski definition) is 1. The van der Waals surface area contributed by atoms with Gasteiger partial charge in [-0.15, -0.1) is 10.2 Å². The first-order valence-electron chi connectivity index (χ1n) is 14.0. The summed E-state index contributed by atoms with van der Waals surface area (Å²) >= 11 is 0. The summed E-state index contributed by atoms with van der Waals surface area (Å²) in [6.45, 7) is 8.92. The molecular formula is C30H38N6O2. The summed E-state index contributed by atoms with van der Waals surface area (Å²) in [5.74, 6) is 1.83. The van der Waals surface area contributed by atoms with Crippen LogP contribution in [0.25, 0.3) is 0 Å². The van der Waals surface area contributed by atoms with E-state index in [1.165, 1.54) is 24.0 Å². The molecule has 8 nitrogen and oxygen atoms in total. The van der Waals surface area contributed by atoms with Gasteiger partial charge in [0.1, 0.15) is 17.8 Å². The van der Waals surface area contributed by atoms with Gasteiger partial charge in [0.05, 0.1) is 12.0 Å². The van der Waals surface area contributed by atoms with E-state index < -0.39 is 0 Å². The Morgan fingerprint density at radius 1 is 1.24 bits per heavy atom. The summed E-state index contributed by atoms with van der Waals surface area (Å²) in [7, 11) is 1.96. The SMILES string of the molecule is CC1CCc2c(CN3CCC[C@H](C)C3)cc(C(=O)Nc3cccc(C4(c5nncn5C)CCOC4)c3)nc21. The second-order valence-electron chi connectivity index (χ2n) is 11.6. The first-order chi connectivity index (χ1) is 18.4. The summed E-state index contributed by atoms with van der Waals surface area (Å²) in [5.41, 5.74) is 5.69. The molecule has 1 aliphatic carbocycles. The molecule has 1 amide bonds. The molecule has 3 aromatic rings. The first-order valence-corrected chi connectivity index (χ1v) is 14.0. The molecule has 1 N–H and O–H groups in total. The Hall–Kier alpha value is -3.10. The number of nitrogens with one attached hydrogen (secondary N) is 1. The highest BCUT2D eigenvalue weighted by atomic mass is 16.5. The Morgan fingerprint density at radius 3 is 2.89 bits per heavy atom. The highest BCUT2D eigenvalue weighted by molar-refractivity contribution is 6.03. The molecule has 0 spiro atoms. The number of fused-ring (bicyclic) bond motifs is 1. The number of nitrogens with zero attached hydrogens (tertiary/aromatic N) is 5. The topological polar surface area (TPSA) is 85.2 Å². The van der Waals surface area contributed by atoms with Crippen molar-refractivity contribution in [2.45, 2.75) is 63.8 Å². The lowest BCUT2D eigenvalue weighted by atomic mass is 9.78. The minimum atomic E-state index is -0.383. The molecule has 2 unspecified atom stereocenters. The average molecular weight is 515 g/mol. The third-order valence-electron chi connectivity index (χ3n) is 8.74. The maximum atomic E-state index is 13.6. The molecule has 2 aromatic heterocycles. The Labute approximate surface area is 224 Å². The van der Waals surface area contributed by atoms with Crippen LogP contribution in [0.2, 0.25) is 0 Å². The van der Waals surface area contributed by atoms with E-state index >= 15 is 0 Å². The van der Waals surface area contributed by atoms with Gasteiger partial charge in [0, 0.05) is 38.1 Å². The van der Waals surface area contributed by atoms with Gasteiger partial charge in [0.25, 0.3) is 5.91 Å². The van der Waals surface area contributed by atoms with Crippen LogP contribution in [0.15, 0.2) is 36.7 Å². The van der Waals surface area contributed by atoms with E-state index in [9.17, 15) is 4.79 Å². The summed E-state index contributed by atoms with van der Waals surface area (Å²) in [4.78, 5) is 21.0. The van der Waals surface area contributed by atoms with Crippen LogP contribution in [0.4, 0.5) is 5.69 Å². The highest BCUT2D eigenvalue weighted by Gasteiger charge is 2.42. The number of aryl methyl sites for hydroxylation is 1. The van der Waals surface area contributed by atoms with Crippen molar-refractivity contribution in [3.8, 4) is 0 Å². The second kappa shape index (κ2) is 10.2. The number of likely N-dealkylation sites (tertiary alicyclic amines) is 1. The van der Waals surface area contributed by atoms with Crippen molar-refractivity contribution in [1.82, 2.24) is 24.6 Å². The smallest absolute Gasteiger partial charge is 0.274 e. The molecule has 1 aromatic carbocycles. The number of anilines is 1. The number of carbonyl (C=O) groups is 1. The van der Waals surface area contributed by atoms with E-state index in [2.05, 4.69) is 40.3 Å². The van der Waals surface area contributed by atoms with Crippen molar-refractivity contribution in [2.75, 3.05) is 31.6 Å². The number of benzene rings is 1. The van der Waals surface area contributed by atoms with Crippen LogP contribution in [-0.4, -0.2) is 56.9 Å². The van der Waals surface area contributed by atoms with Crippen LogP contribution >= 0.6 is 0 Å². The van der Waals surface area contributed by atoms with Gasteiger partial charge < -0.3 is 14.6 Å². The molecule has 200 valence electrons. The van der Waals surface area contributed by atoms with Gasteiger partial charge in [0.2, 0.25) is 0 Å². The van der Waals surface area contributed by atoms with Crippen LogP contribution in [0.3, 0.4) is 0 Å². The quantitative estimate of drug-likeness (QED) is 0.523. The fraction of sp³-hybridized carbons (Fsp3) is 0.533. The van der Waals surface area contributed by atoms with Gasteiger partial charge in [-0.05, 0) is 85.4 Å². The van der Waals surface area contributed by atoms with Gasteiger partial charge in [-0.25, -0.2) is 4.98 Å². The van der Waals surface area contributed by atoms with E-state index in [1.807, 2.05) is 35.9 Å². The zero-order valence-electron chi connectivity index (χ0n) is 22.7. The van der Waals surface area contributed by atoms with Crippen molar-refractivity contribution in [3.63, 3.8) is 0 Å². The highest BCUT2D eigenvalue weighted by Crippen LogP contribution is 2.39. The molecule has 3 atom stereocenters. The monoisotopic (exact) mass is 514 g/mol. The molecular weight excluding hydrogens is 476 g/mol. The molecule has 38 heavy (non-hydrogen) atoms. The van der Waals surface area contributed by atoms with Gasteiger partial charge >= 0.3 is 0 Å². The van der Waals surface area contributed by atoms with E-state index in [0.29, 0.717) is 24.8 Å². The lowest BCUT2D eigenvalue weighted by Gasteiger charge is -2.31. The molecule has 4 heterocycles. The molecule has 0 radical (unpaired) electrons. The minimum absolute atomic E-state index is 0.160. The number of rotatable bonds is 6. The van der Waals surface area contributed by atoms with Gasteiger partial charge in [-0.1, -0.05) is 26.0 Å². The predicted molar refractivity (Wildman–Crippen MR) is 146 cm³/mol. The van der Waals surface area contributed by atoms with Gasteiger partial charge in [-0.3, -0.25) is 9.69 Å². The van der Waals surface area contributed by atoms with Crippen molar-refractivity contribution < 1.29 is 9.53 Å². The number of hydrogen-bond acceptors (Lipinski definition) is 6. The maximum absolute atomic E-state index is 13.6. The molecule has 0 bridgehead atoms. The van der Waals surface area contributed by atoms with Crippen LogP contribution in [0.1, 0.15) is 84.1 Å². The number of aromatic nitrogens is 4. The number of pyridine rings is 1. The van der Waals surface area contributed by atoms with E-state index in [-0.39, 0.29) is 11.3 Å². The Bertz CT molecular complexity index is 1330. The zero-order chi connectivity index (χ0) is 26.3. The number of amides is 1. The summed E-state index contributed by atoms with van der Waals surface area (Å²) in [5, 5.41) is 11.7. The van der Waals surface area contributed by atoms with Crippen molar-refractivity contribution in [3.05, 3.63) is 70.6 Å². The fourth-order valence-electron chi connectivity index (χ4n) is 6.67. The summed E-state index contributed by atoms with van der Waals surface area (Å²) in [6.07, 6.45) is 7.25. The van der Waals surface area contributed by atoms with E-state index in [1.54, 1.807) is 6.33 Å². The standard InChI is InChI=1S/C30H38N6O2/c1-20-6-5-12-36(16-20)17-22-14-26(33-27-21(2)9-10-25(22)27)28(37)32-24-8-4-7-23(15-24)30(11-13-38-18-30)29-34-31-19-35(29)3/h4,7-8,14-15,19-21H,5-6,9-13,16-18H2,1-3H3,(H,32,37)/t20-,21?,30?/m0/s1. The largest absolute Gasteiger partial charge is 0.380 e. The zero-order valence-corrected chi connectivity index (χ0v) is 22.7. The molecule has 8 heteroatoms. The first kappa shape index (κ1) is 25.2. The Morgan fingerprint density at radius 2 is 2.13 bits per heavy atom. The van der Waals surface area contributed by atoms with Crippen LogP contribution in [0.5, 0.6) is 0 Å². The summed E-state index contributed by atoms with van der Waals surface area (Å²) in [6, 6.07) is 10.1. The maximum Gasteiger partial charge on any atom is 0.274 e. The Balaban J connectivity index is 1.27. The van der Waals surface area contributed by atoms with Crippen LogP contribution in [-0.2, 0) is 30.2 Å². The molecule has 2 aliphatic heterocycles. The summed E-state index contributed by atoms with van der Waals surface area (Å²) < 4.78 is 7.79. The van der Waals surface area contributed by atoms with Gasteiger partial charge in [-0.2, -0.15) is 0 Å². The lowest BCUT2D eigenvalue weighted by molar-refractivity contribution is 0.102. The van der Waals surface area contributed by atoms with Crippen molar-refractivity contribution in [2.24, 2.45) is 13.0 Å². The van der Waals surface area contributed by atoms with Crippen molar-refractivity contribution in [1.29, 1.82) is 0 Å². The normalized spacial score (nSPS) is 25.4. The molecule has 2 fully saturated rings. The van der Waals surface area contributed by atoms with Crippen LogP contribution < -0.4 is 5.32 Å². The number of ether oxygens (including phenoxy) is 1. The second-order valence-corrected chi connectivity index (χ2v) is 11.6. The third-order valence-corrected chi connectivity index (χ3v) is 8.74. The molecule has 0 saturated carbocycles. The molecule has 3 aliphatic rings. The van der Waals surface area contributed by atoms with E-state index in [4.69, 9.17) is 9.72 Å². The fourth-order valence-corrected chi connectivity index (χ4v) is 6.67. The lowest BCUT2D eigenvalue weighted by Crippen LogP contribution is -2.34. The van der Waals surface area contributed by atoms with E-state index in [0.717, 1.165) is 67.6 Å². The van der Waals surface area contributed by atoms with Crippen LogP contribution in [0, 0.1) is 5.92 Å². The average Bonchev–Trinajstić information content (AvgIpc) is 3.65. The third kappa shape index (κ3) is 4.64.